The molecule has 3 N–H and O–H groups in total. The lowest BCUT2D eigenvalue weighted by atomic mass is 10.1. The number of carbonyl (C=O) groups excluding carboxylic acids is 1. The molecule has 1 unspecified atom stereocenters. The van der Waals surface area contributed by atoms with E-state index in [2.05, 4.69) is 17.2 Å². The van der Waals surface area contributed by atoms with Crippen molar-refractivity contribution in [2.75, 3.05) is 5.73 Å². The van der Waals surface area contributed by atoms with Gasteiger partial charge in [-0.05, 0) is 24.8 Å². The zero-order valence-corrected chi connectivity index (χ0v) is 10.1. The molecule has 1 heterocycles. The molecule has 1 aliphatic carbocycles. The molecule has 0 bridgehead atoms. The number of pyridine rings is 1. The first kappa shape index (κ1) is 11.9. The predicted octanol–water partition coefficient (Wildman–Crippen LogP) is 1.97. The number of nitrogens with zero attached hydrogens (tertiary/aromatic N) is 1. The van der Waals surface area contributed by atoms with Crippen molar-refractivity contribution >= 4 is 11.6 Å². The fourth-order valence-corrected chi connectivity index (χ4v) is 1.96. The van der Waals surface area contributed by atoms with Crippen LogP contribution in [-0.2, 0) is 0 Å². The van der Waals surface area contributed by atoms with Crippen LogP contribution in [0, 0.1) is 5.92 Å². The van der Waals surface area contributed by atoms with Gasteiger partial charge in [0.15, 0.2) is 0 Å². The molecule has 4 heteroatoms. The molecule has 1 aromatic heterocycles. The first-order valence-corrected chi connectivity index (χ1v) is 6.21. The number of aromatic nitrogens is 1. The maximum Gasteiger partial charge on any atom is 0.253 e. The quantitative estimate of drug-likeness (QED) is 0.817. The Balaban J connectivity index is 1.97. The third-order valence-electron chi connectivity index (χ3n) is 3.24. The van der Waals surface area contributed by atoms with Crippen molar-refractivity contribution in [1.82, 2.24) is 10.3 Å². The third kappa shape index (κ3) is 3.19. The van der Waals surface area contributed by atoms with E-state index in [9.17, 15) is 4.79 Å². The largest absolute Gasteiger partial charge is 0.397 e. The molecule has 1 fully saturated rings. The molecule has 0 radical (unpaired) electrons. The lowest BCUT2D eigenvalue weighted by Crippen LogP contribution is -2.35. The average Bonchev–Trinajstić information content (AvgIpc) is 3.12. The standard InChI is InChI=1S/C13H19N3O/c1-2-10(7-9-3-4-9)16-13(17)11-5-6-15-8-12(11)14/h5-6,8-10H,2-4,7,14H2,1H3,(H,16,17). The van der Waals surface area contributed by atoms with E-state index in [4.69, 9.17) is 5.73 Å². The molecule has 0 aromatic carbocycles. The van der Waals surface area contributed by atoms with E-state index in [0.717, 1.165) is 18.8 Å². The van der Waals surface area contributed by atoms with E-state index in [1.165, 1.54) is 19.0 Å². The van der Waals surface area contributed by atoms with E-state index < -0.39 is 0 Å². The van der Waals surface area contributed by atoms with Gasteiger partial charge in [0, 0.05) is 12.2 Å². The van der Waals surface area contributed by atoms with Crippen LogP contribution >= 0.6 is 0 Å². The van der Waals surface area contributed by atoms with Gasteiger partial charge in [-0.3, -0.25) is 9.78 Å². The number of nitrogen functional groups attached to an aromatic ring is 1. The normalized spacial score (nSPS) is 16.5. The van der Waals surface area contributed by atoms with Crippen LogP contribution in [-0.4, -0.2) is 16.9 Å². The molecule has 4 nitrogen and oxygen atoms in total. The Labute approximate surface area is 102 Å². The number of hydrogen-bond acceptors (Lipinski definition) is 3. The number of nitrogens with two attached hydrogens (primary N) is 1. The van der Waals surface area contributed by atoms with E-state index in [1.807, 2.05) is 0 Å². The van der Waals surface area contributed by atoms with Crippen molar-refractivity contribution in [2.24, 2.45) is 5.92 Å². The van der Waals surface area contributed by atoms with Gasteiger partial charge < -0.3 is 11.1 Å². The number of anilines is 1. The molecule has 0 saturated heterocycles. The molecule has 2 rings (SSSR count). The first-order chi connectivity index (χ1) is 8.20. The van der Waals surface area contributed by atoms with Crippen LogP contribution in [0.2, 0.25) is 0 Å². The van der Waals surface area contributed by atoms with Crippen LogP contribution in [0.3, 0.4) is 0 Å². The minimum atomic E-state index is -0.0857. The molecule has 1 saturated carbocycles. The van der Waals surface area contributed by atoms with Crippen molar-refractivity contribution < 1.29 is 4.79 Å². The van der Waals surface area contributed by atoms with Crippen molar-refractivity contribution in [1.29, 1.82) is 0 Å². The second-order valence-corrected chi connectivity index (χ2v) is 4.72. The highest BCUT2D eigenvalue weighted by molar-refractivity contribution is 5.98. The highest BCUT2D eigenvalue weighted by Crippen LogP contribution is 2.34. The SMILES string of the molecule is CCC(CC1CC1)NC(=O)c1ccncc1N. The number of nitrogens with one attached hydrogen (secondary N) is 1. The smallest absolute Gasteiger partial charge is 0.253 e. The Kier molecular flexibility index (Phi) is 3.61. The maximum absolute atomic E-state index is 12.0. The zero-order valence-electron chi connectivity index (χ0n) is 10.1. The second kappa shape index (κ2) is 5.17. The van der Waals surface area contributed by atoms with Gasteiger partial charge in [0.05, 0.1) is 17.4 Å². The monoisotopic (exact) mass is 233 g/mol. The summed E-state index contributed by atoms with van der Waals surface area (Å²) in [6, 6.07) is 1.93. The van der Waals surface area contributed by atoms with Crippen LogP contribution < -0.4 is 11.1 Å². The Bertz CT molecular complexity index is 401. The van der Waals surface area contributed by atoms with Crippen LogP contribution in [0.5, 0.6) is 0 Å². The van der Waals surface area contributed by atoms with Gasteiger partial charge >= 0.3 is 0 Å². The fraction of sp³-hybridized carbons (Fsp3) is 0.538. The molecule has 17 heavy (non-hydrogen) atoms. The van der Waals surface area contributed by atoms with Gasteiger partial charge in [-0.1, -0.05) is 19.8 Å². The summed E-state index contributed by atoms with van der Waals surface area (Å²) in [6.07, 6.45) is 7.78. The minimum Gasteiger partial charge on any atom is -0.397 e. The van der Waals surface area contributed by atoms with Gasteiger partial charge in [-0.15, -0.1) is 0 Å². The highest BCUT2D eigenvalue weighted by Gasteiger charge is 2.25. The topological polar surface area (TPSA) is 68.0 Å². The van der Waals surface area contributed by atoms with Crippen molar-refractivity contribution in [2.45, 2.75) is 38.6 Å². The highest BCUT2D eigenvalue weighted by atomic mass is 16.1. The van der Waals surface area contributed by atoms with Crippen molar-refractivity contribution in [3.05, 3.63) is 24.0 Å². The number of amides is 1. The molecular formula is C13H19N3O. The Hall–Kier alpha value is -1.58. The van der Waals surface area contributed by atoms with E-state index in [1.54, 1.807) is 12.3 Å². The molecule has 1 aromatic rings. The zero-order chi connectivity index (χ0) is 12.3. The molecule has 0 spiro atoms. The van der Waals surface area contributed by atoms with Crippen LogP contribution in [0.1, 0.15) is 43.0 Å². The minimum absolute atomic E-state index is 0.0857. The molecule has 92 valence electrons. The number of hydrogen-bond donors (Lipinski definition) is 2. The van der Waals surface area contributed by atoms with Crippen LogP contribution in [0.25, 0.3) is 0 Å². The Morgan fingerprint density at radius 1 is 1.65 bits per heavy atom. The van der Waals surface area contributed by atoms with Gasteiger partial charge in [0.2, 0.25) is 0 Å². The van der Waals surface area contributed by atoms with Crippen LogP contribution in [0.4, 0.5) is 5.69 Å². The summed E-state index contributed by atoms with van der Waals surface area (Å²) in [5.74, 6) is 0.729. The summed E-state index contributed by atoms with van der Waals surface area (Å²) in [6.45, 7) is 2.10. The summed E-state index contributed by atoms with van der Waals surface area (Å²) in [5.41, 5.74) is 6.69. The summed E-state index contributed by atoms with van der Waals surface area (Å²) in [7, 11) is 0. The Morgan fingerprint density at radius 3 is 3.00 bits per heavy atom. The predicted molar refractivity (Wildman–Crippen MR) is 67.5 cm³/mol. The lowest BCUT2D eigenvalue weighted by molar-refractivity contribution is 0.0933. The second-order valence-electron chi connectivity index (χ2n) is 4.72. The van der Waals surface area contributed by atoms with Gasteiger partial charge in [0.1, 0.15) is 0 Å². The summed E-state index contributed by atoms with van der Waals surface area (Å²) < 4.78 is 0. The van der Waals surface area contributed by atoms with E-state index in [-0.39, 0.29) is 11.9 Å². The van der Waals surface area contributed by atoms with Crippen molar-refractivity contribution in [3.8, 4) is 0 Å². The summed E-state index contributed by atoms with van der Waals surface area (Å²) in [4.78, 5) is 15.9. The molecular weight excluding hydrogens is 214 g/mol. The summed E-state index contributed by atoms with van der Waals surface area (Å²) >= 11 is 0. The van der Waals surface area contributed by atoms with Gasteiger partial charge in [0.25, 0.3) is 5.91 Å². The summed E-state index contributed by atoms with van der Waals surface area (Å²) in [5, 5.41) is 3.05. The maximum atomic E-state index is 12.0. The fourth-order valence-electron chi connectivity index (χ4n) is 1.96. The van der Waals surface area contributed by atoms with Gasteiger partial charge in [-0.25, -0.2) is 0 Å². The van der Waals surface area contributed by atoms with Gasteiger partial charge in [-0.2, -0.15) is 0 Å². The lowest BCUT2D eigenvalue weighted by Gasteiger charge is -2.17. The molecule has 1 amide bonds. The Morgan fingerprint density at radius 2 is 2.41 bits per heavy atom. The number of rotatable bonds is 5. The first-order valence-electron chi connectivity index (χ1n) is 6.21. The average molecular weight is 233 g/mol. The van der Waals surface area contributed by atoms with E-state index in [0.29, 0.717) is 11.3 Å². The third-order valence-corrected chi connectivity index (χ3v) is 3.24. The van der Waals surface area contributed by atoms with Crippen molar-refractivity contribution in [3.63, 3.8) is 0 Å². The molecule has 1 aliphatic rings. The molecule has 0 aliphatic heterocycles. The molecule has 1 atom stereocenters. The number of carbonyl (C=O) groups is 1. The van der Waals surface area contributed by atoms with Crippen LogP contribution in [0.15, 0.2) is 18.5 Å². The van der Waals surface area contributed by atoms with E-state index >= 15 is 0 Å².